The zero-order valence-corrected chi connectivity index (χ0v) is 11.2. The van der Waals surface area contributed by atoms with Crippen molar-refractivity contribution in [3.8, 4) is 0 Å². The van der Waals surface area contributed by atoms with Gasteiger partial charge >= 0.3 is 0 Å². The summed E-state index contributed by atoms with van der Waals surface area (Å²) in [6.45, 7) is 11.7. The number of hydrogen-bond donors (Lipinski definition) is 0. The van der Waals surface area contributed by atoms with Gasteiger partial charge in [-0.05, 0) is 42.6 Å². The van der Waals surface area contributed by atoms with Gasteiger partial charge < -0.3 is 0 Å². The van der Waals surface area contributed by atoms with Gasteiger partial charge in [-0.3, -0.25) is 0 Å². The maximum Gasteiger partial charge on any atom is 0.0275 e. The second-order valence-electron chi connectivity index (χ2n) is 5.10. The Labute approximate surface area is 117 Å². The van der Waals surface area contributed by atoms with Crippen molar-refractivity contribution in [2.45, 2.75) is 27.7 Å². The first kappa shape index (κ1) is 15.2. The second kappa shape index (κ2) is 6.38. The van der Waals surface area contributed by atoms with E-state index in [-0.39, 0.29) is 7.43 Å². The summed E-state index contributed by atoms with van der Waals surface area (Å²) in [5.41, 5.74) is 6.72. The molecule has 0 saturated carbocycles. The van der Waals surface area contributed by atoms with Gasteiger partial charge in [-0.2, -0.15) is 0 Å². The Morgan fingerprint density at radius 2 is 1.89 bits per heavy atom. The molecule has 0 heterocycles. The zero-order valence-electron chi connectivity index (χ0n) is 11.2. The van der Waals surface area contributed by atoms with Crippen LogP contribution in [0.15, 0.2) is 83.6 Å². The van der Waals surface area contributed by atoms with Crippen molar-refractivity contribution in [3.63, 3.8) is 0 Å². The Morgan fingerprint density at radius 1 is 1.21 bits per heavy atom. The predicted molar refractivity (Wildman–Crippen MR) is 87.0 cm³/mol. The Hall–Kier alpha value is -1.82. The van der Waals surface area contributed by atoms with Crippen LogP contribution in [0.4, 0.5) is 0 Å². The monoisotopic (exact) mass is 252 g/mol. The summed E-state index contributed by atoms with van der Waals surface area (Å²) in [7, 11) is 0. The summed E-state index contributed by atoms with van der Waals surface area (Å²) < 4.78 is 0. The van der Waals surface area contributed by atoms with Crippen molar-refractivity contribution in [3.05, 3.63) is 83.6 Å². The third kappa shape index (κ3) is 3.14. The molecule has 0 saturated heterocycles. The first-order chi connectivity index (χ1) is 8.61. The summed E-state index contributed by atoms with van der Waals surface area (Å²) in [5.74, 6) is 0.446. The molecule has 0 fully saturated rings. The maximum absolute atomic E-state index is 4.19. The molecule has 1 unspecified atom stereocenters. The summed E-state index contributed by atoms with van der Waals surface area (Å²) in [5, 5.41) is 0. The van der Waals surface area contributed by atoms with Gasteiger partial charge in [0.15, 0.2) is 0 Å². The molecule has 3 aliphatic rings. The minimum atomic E-state index is 0. The lowest BCUT2D eigenvalue weighted by Gasteiger charge is -2.11. The largest absolute Gasteiger partial charge is 0.100 e. The SMILES string of the molecule is C.C=C(C)C.C=C1C2=CC=CCC2=C2C=CC=CC12. The Bertz CT molecular complexity index is 526. The Balaban J connectivity index is 0.000000323. The lowest BCUT2D eigenvalue weighted by molar-refractivity contribution is 0.972. The molecule has 0 nitrogen and oxygen atoms in total. The molecule has 0 amide bonds. The average Bonchev–Trinajstić information content (AvgIpc) is 2.64. The molecule has 0 spiro atoms. The van der Waals surface area contributed by atoms with E-state index in [0.29, 0.717) is 5.92 Å². The number of allylic oxidation sites excluding steroid dienone is 12. The number of fused-ring (bicyclic) bond motifs is 2. The van der Waals surface area contributed by atoms with Gasteiger partial charge in [0.2, 0.25) is 0 Å². The van der Waals surface area contributed by atoms with Gasteiger partial charge in [-0.15, -0.1) is 6.58 Å². The average molecular weight is 252 g/mol. The summed E-state index contributed by atoms with van der Waals surface area (Å²) in [4.78, 5) is 0. The smallest absolute Gasteiger partial charge is 0.0275 e. The van der Waals surface area contributed by atoms with Crippen LogP contribution in [0, 0.1) is 5.92 Å². The predicted octanol–water partition coefficient (Wildman–Crippen LogP) is 5.70. The molecule has 100 valence electrons. The second-order valence-corrected chi connectivity index (χ2v) is 5.10. The molecule has 0 aliphatic heterocycles. The fourth-order valence-electron chi connectivity index (χ4n) is 2.44. The van der Waals surface area contributed by atoms with Gasteiger partial charge in [0.25, 0.3) is 0 Å². The molecular weight excluding hydrogens is 228 g/mol. The van der Waals surface area contributed by atoms with Crippen molar-refractivity contribution in [1.29, 1.82) is 0 Å². The maximum atomic E-state index is 4.19. The molecule has 0 aromatic rings. The first-order valence-electron chi connectivity index (χ1n) is 6.37. The highest BCUT2D eigenvalue weighted by atomic mass is 14.3. The van der Waals surface area contributed by atoms with Crippen LogP contribution in [0.3, 0.4) is 0 Å². The van der Waals surface area contributed by atoms with Crippen molar-refractivity contribution < 1.29 is 0 Å². The van der Waals surface area contributed by atoms with E-state index in [4.69, 9.17) is 0 Å². The van der Waals surface area contributed by atoms with E-state index in [2.05, 4.69) is 55.7 Å². The molecule has 0 aromatic carbocycles. The normalized spacial score (nSPS) is 21.9. The van der Waals surface area contributed by atoms with Crippen LogP contribution in [0.5, 0.6) is 0 Å². The Kier molecular flexibility index (Phi) is 5.11. The van der Waals surface area contributed by atoms with Crippen LogP contribution in [0.1, 0.15) is 27.7 Å². The molecule has 1 atom stereocenters. The van der Waals surface area contributed by atoms with Crippen LogP contribution in [-0.2, 0) is 0 Å². The topological polar surface area (TPSA) is 0 Å². The highest BCUT2D eigenvalue weighted by Gasteiger charge is 2.30. The molecule has 3 aliphatic carbocycles. The molecular formula is C19H24. The lowest BCUT2D eigenvalue weighted by Crippen LogP contribution is -1.98. The van der Waals surface area contributed by atoms with E-state index in [0.717, 1.165) is 6.42 Å². The molecule has 0 bridgehead atoms. The fourth-order valence-corrected chi connectivity index (χ4v) is 2.44. The quantitative estimate of drug-likeness (QED) is 0.485. The molecule has 0 radical (unpaired) electrons. The van der Waals surface area contributed by atoms with Crippen molar-refractivity contribution in [1.82, 2.24) is 0 Å². The summed E-state index contributed by atoms with van der Waals surface area (Å²) in [6.07, 6.45) is 16.3. The van der Waals surface area contributed by atoms with Crippen molar-refractivity contribution >= 4 is 0 Å². The van der Waals surface area contributed by atoms with Gasteiger partial charge in [0.05, 0.1) is 0 Å². The van der Waals surface area contributed by atoms with Crippen LogP contribution in [0.2, 0.25) is 0 Å². The standard InChI is InChI=1S/C14H12.C4H8.CH4/c1-10-11-6-2-4-8-13(11)14-9-5-3-7-12(10)14;1-4(2)3;/h2-8,11H,1,9H2;1H2,2-3H3;1H4. The van der Waals surface area contributed by atoms with Crippen LogP contribution in [-0.4, -0.2) is 0 Å². The van der Waals surface area contributed by atoms with Crippen molar-refractivity contribution in [2.75, 3.05) is 0 Å². The van der Waals surface area contributed by atoms with Crippen LogP contribution >= 0.6 is 0 Å². The van der Waals surface area contributed by atoms with E-state index in [1.807, 2.05) is 13.8 Å². The lowest BCUT2D eigenvalue weighted by atomic mass is 9.93. The van der Waals surface area contributed by atoms with Gasteiger partial charge in [-0.1, -0.05) is 62.1 Å². The van der Waals surface area contributed by atoms with Gasteiger partial charge in [0.1, 0.15) is 0 Å². The van der Waals surface area contributed by atoms with Crippen molar-refractivity contribution in [2.24, 2.45) is 5.92 Å². The van der Waals surface area contributed by atoms with Crippen LogP contribution in [0.25, 0.3) is 0 Å². The Morgan fingerprint density at radius 3 is 2.58 bits per heavy atom. The number of hydrogen-bond acceptors (Lipinski definition) is 0. The zero-order chi connectivity index (χ0) is 13.1. The molecule has 0 heteroatoms. The highest BCUT2D eigenvalue weighted by Crippen LogP contribution is 2.45. The third-order valence-electron chi connectivity index (χ3n) is 3.14. The van der Waals surface area contributed by atoms with Crippen LogP contribution < -0.4 is 0 Å². The van der Waals surface area contributed by atoms with E-state index >= 15 is 0 Å². The highest BCUT2D eigenvalue weighted by molar-refractivity contribution is 5.66. The molecule has 0 N–H and O–H groups in total. The molecule has 0 aromatic heterocycles. The first-order valence-corrected chi connectivity index (χ1v) is 6.37. The minimum absolute atomic E-state index is 0. The van der Waals surface area contributed by atoms with E-state index < -0.39 is 0 Å². The minimum Gasteiger partial charge on any atom is -0.100 e. The van der Waals surface area contributed by atoms with Gasteiger partial charge in [0, 0.05) is 5.92 Å². The summed E-state index contributed by atoms with van der Waals surface area (Å²) in [6, 6.07) is 0. The fraction of sp³-hybridized carbons (Fsp3) is 0.263. The van der Waals surface area contributed by atoms with E-state index in [9.17, 15) is 0 Å². The molecule has 3 rings (SSSR count). The summed E-state index contributed by atoms with van der Waals surface area (Å²) >= 11 is 0. The molecule has 19 heavy (non-hydrogen) atoms. The van der Waals surface area contributed by atoms with Gasteiger partial charge in [-0.25, -0.2) is 0 Å². The van der Waals surface area contributed by atoms with E-state index in [1.54, 1.807) is 0 Å². The van der Waals surface area contributed by atoms with E-state index in [1.165, 1.54) is 27.9 Å². The number of rotatable bonds is 0. The third-order valence-corrected chi connectivity index (χ3v) is 3.14.